The van der Waals surface area contributed by atoms with Crippen molar-refractivity contribution in [1.29, 1.82) is 0 Å². The van der Waals surface area contributed by atoms with E-state index in [0.717, 1.165) is 0 Å². The van der Waals surface area contributed by atoms with E-state index in [9.17, 15) is 9.59 Å². The Kier molecular flexibility index (Phi) is 6.13. The number of hydrogen-bond acceptors (Lipinski definition) is 5. The first kappa shape index (κ1) is 15.0. The van der Waals surface area contributed by atoms with E-state index in [0.29, 0.717) is 6.61 Å². The van der Waals surface area contributed by atoms with Crippen LogP contribution in [0.5, 0.6) is 0 Å². The normalized spacial score (nSPS) is 13.8. The van der Waals surface area contributed by atoms with Gasteiger partial charge in [0, 0.05) is 10.8 Å². The van der Waals surface area contributed by atoms with Crippen molar-refractivity contribution in [1.82, 2.24) is 0 Å². The van der Waals surface area contributed by atoms with Crippen LogP contribution in [0.4, 0.5) is 0 Å². The zero-order valence-electron chi connectivity index (χ0n) is 9.60. The van der Waals surface area contributed by atoms with Crippen LogP contribution in [0.1, 0.15) is 20.8 Å². The largest absolute Gasteiger partial charge is 0.480 e. The summed E-state index contributed by atoms with van der Waals surface area (Å²) < 4.78 is 3.99. The topological polar surface area (TPSA) is 89.6 Å². The molecule has 0 fully saturated rings. The highest BCUT2D eigenvalue weighted by Crippen LogP contribution is 2.28. The third-order valence-electron chi connectivity index (χ3n) is 1.88. The third kappa shape index (κ3) is 5.18. The van der Waals surface area contributed by atoms with Gasteiger partial charge in [-0.25, -0.2) is 4.79 Å². The number of hydrogen-bond donors (Lipinski definition) is 2. The molecule has 0 rings (SSSR count). The molecule has 0 amide bonds. The Morgan fingerprint density at radius 3 is 2.56 bits per heavy atom. The number of nitrogens with two attached hydrogens (primary N) is 1. The molecule has 1 atom stereocenters. The van der Waals surface area contributed by atoms with Crippen molar-refractivity contribution in [3.05, 3.63) is 11.5 Å². The number of rotatable bonds is 6. The van der Waals surface area contributed by atoms with Crippen molar-refractivity contribution in [2.45, 2.75) is 31.6 Å². The summed E-state index contributed by atoms with van der Waals surface area (Å²) in [6.07, 6.45) is 1.25. The molecule has 0 aliphatic heterocycles. The molecular weight excluding hydrogens is 230 g/mol. The highest BCUT2D eigenvalue weighted by Gasteiger charge is 2.31. The Bertz CT molecular complexity index is 289. The van der Waals surface area contributed by atoms with Gasteiger partial charge in [0.1, 0.15) is 6.04 Å². The maximum Gasteiger partial charge on any atom is 0.331 e. The van der Waals surface area contributed by atoms with E-state index in [1.165, 1.54) is 23.2 Å². The standard InChI is InChI=1S/C10H17NO4S/c1-4-15-7(12)5-6-16-10(2,3)8(11)9(13)14/h5-6,8H,4,11H2,1-3H3,(H,13,14)/b6-5+. The Labute approximate surface area is 99.0 Å². The zero-order chi connectivity index (χ0) is 12.8. The molecule has 0 aromatic rings. The summed E-state index contributed by atoms with van der Waals surface area (Å²) in [6, 6.07) is -0.996. The zero-order valence-corrected chi connectivity index (χ0v) is 10.4. The van der Waals surface area contributed by atoms with Crippen LogP contribution in [0.15, 0.2) is 11.5 Å². The Hall–Kier alpha value is -1.01. The lowest BCUT2D eigenvalue weighted by Crippen LogP contribution is -2.46. The molecule has 0 saturated carbocycles. The molecule has 3 N–H and O–H groups in total. The van der Waals surface area contributed by atoms with Crippen molar-refractivity contribution < 1.29 is 19.4 Å². The number of ether oxygens (including phenoxy) is 1. The minimum atomic E-state index is -1.07. The number of carboxylic acids is 1. The highest BCUT2D eigenvalue weighted by atomic mass is 32.2. The first-order valence-electron chi connectivity index (χ1n) is 4.80. The lowest BCUT2D eigenvalue weighted by molar-refractivity contribution is -0.139. The molecule has 0 radical (unpaired) electrons. The molecule has 5 nitrogen and oxygen atoms in total. The fraction of sp³-hybridized carbons (Fsp3) is 0.600. The van der Waals surface area contributed by atoms with Gasteiger partial charge in [-0.2, -0.15) is 0 Å². The van der Waals surface area contributed by atoms with E-state index >= 15 is 0 Å². The molecule has 0 spiro atoms. The van der Waals surface area contributed by atoms with E-state index in [-0.39, 0.29) is 0 Å². The SMILES string of the molecule is CCOC(=O)/C=C/SC(C)(C)C(N)C(=O)O. The van der Waals surface area contributed by atoms with Crippen LogP contribution in [0.25, 0.3) is 0 Å². The van der Waals surface area contributed by atoms with Crippen molar-refractivity contribution in [2.75, 3.05) is 6.61 Å². The maximum atomic E-state index is 11.0. The summed E-state index contributed by atoms with van der Waals surface area (Å²) in [7, 11) is 0. The second kappa shape index (κ2) is 6.55. The second-order valence-corrected chi connectivity index (χ2v) is 5.15. The smallest absolute Gasteiger partial charge is 0.331 e. The summed E-state index contributed by atoms with van der Waals surface area (Å²) >= 11 is 1.18. The Morgan fingerprint density at radius 1 is 1.56 bits per heavy atom. The lowest BCUT2D eigenvalue weighted by Gasteiger charge is -2.26. The van der Waals surface area contributed by atoms with E-state index in [2.05, 4.69) is 4.74 Å². The molecule has 16 heavy (non-hydrogen) atoms. The summed E-state index contributed by atoms with van der Waals surface area (Å²) in [6.45, 7) is 5.42. The molecule has 0 saturated heterocycles. The summed E-state index contributed by atoms with van der Waals surface area (Å²) in [5.41, 5.74) is 5.50. The molecule has 0 bridgehead atoms. The average Bonchev–Trinajstić information content (AvgIpc) is 2.16. The second-order valence-electron chi connectivity index (χ2n) is 3.59. The molecule has 92 valence electrons. The van der Waals surface area contributed by atoms with Crippen LogP contribution in [0.3, 0.4) is 0 Å². The van der Waals surface area contributed by atoms with Gasteiger partial charge in [-0.05, 0) is 26.2 Å². The fourth-order valence-electron chi connectivity index (χ4n) is 0.826. The van der Waals surface area contributed by atoms with Crippen molar-refractivity contribution in [3.8, 4) is 0 Å². The molecule has 0 aliphatic carbocycles. The molecule has 6 heteroatoms. The predicted octanol–water partition coefficient (Wildman–Crippen LogP) is 0.987. The van der Waals surface area contributed by atoms with E-state index in [1.54, 1.807) is 20.8 Å². The first-order chi connectivity index (χ1) is 7.31. The molecule has 0 aliphatic rings. The molecular formula is C10H17NO4S. The number of carboxylic acid groups (broad SMARTS) is 1. The average molecular weight is 247 g/mol. The number of esters is 1. The van der Waals surface area contributed by atoms with Gasteiger partial charge in [-0.3, -0.25) is 4.79 Å². The fourth-order valence-corrected chi connectivity index (χ4v) is 1.60. The van der Waals surface area contributed by atoms with Gasteiger partial charge >= 0.3 is 11.9 Å². The van der Waals surface area contributed by atoms with Crippen molar-refractivity contribution in [2.24, 2.45) is 5.73 Å². The number of aliphatic carboxylic acids is 1. The summed E-state index contributed by atoms with van der Waals surface area (Å²) in [5, 5.41) is 10.3. The van der Waals surface area contributed by atoms with Crippen LogP contribution < -0.4 is 5.73 Å². The highest BCUT2D eigenvalue weighted by molar-refractivity contribution is 8.03. The van der Waals surface area contributed by atoms with Gasteiger partial charge in [0.15, 0.2) is 0 Å². The first-order valence-corrected chi connectivity index (χ1v) is 5.68. The summed E-state index contributed by atoms with van der Waals surface area (Å²) in [5.74, 6) is -1.52. The van der Waals surface area contributed by atoms with Crippen molar-refractivity contribution in [3.63, 3.8) is 0 Å². The van der Waals surface area contributed by atoms with Gasteiger partial charge in [-0.15, -0.1) is 11.8 Å². The lowest BCUT2D eigenvalue weighted by atomic mass is 10.1. The number of carbonyl (C=O) groups is 2. The van der Waals surface area contributed by atoms with Crippen LogP contribution in [-0.2, 0) is 14.3 Å². The molecule has 1 unspecified atom stereocenters. The molecule has 0 aromatic heterocycles. The van der Waals surface area contributed by atoms with Gasteiger partial charge in [0.2, 0.25) is 0 Å². The number of thioether (sulfide) groups is 1. The minimum Gasteiger partial charge on any atom is -0.480 e. The maximum absolute atomic E-state index is 11.0. The monoisotopic (exact) mass is 247 g/mol. The van der Waals surface area contributed by atoms with Gasteiger partial charge in [0.05, 0.1) is 6.61 Å². The van der Waals surface area contributed by atoms with Gasteiger partial charge < -0.3 is 15.6 Å². The van der Waals surface area contributed by atoms with Crippen LogP contribution in [0, 0.1) is 0 Å². The Morgan fingerprint density at radius 2 is 2.12 bits per heavy atom. The van der Waals surface area contributed by atoms with Crippen molar-refractivity contribution >= 4 is 23.7 Å². The van der Waals surface area contributed by atoms with Gasteiger partial charge in [0.25, 0.3) is 0 Å². The minimum absolute atomic E-state index is 0.311. The predicted molar refractivity (Wildman–Crippen MR) is 63.1 cm³/mol. The van der Waals surface area contributed by atoms with Crippen LogP contribution in [-0.4, -0.2) is 34.4 Å². The molecule has 0 aromatic carbocycles. The number of carbonyl (C=O) groups excluding carboxylic acids is 1. The van der Waals surface area contributed by atoms with Gasteiger partial charge in [-0.1, -0.05) is 0 Å². The Balaban J connectivity index is 4.28. The third-order valence-corrected chi connectivity index (χ3v) is 3.01. The van der Waals surface area contributed by atoms with E-state index < -0.39 is 22.7 Å². The summed E-state index contributed by atoms with van der Waals surface area (Å²) in [4.78, 5) is 21.7. The molecule has 0 heterocycles. The van der Waals surface area contributed by atoms with Crippen LogP contribution >= 0.6 is 11.8 Å². The quantitative estimate of drug-likeness (QED) is 0.537. The van der Waals surface area contributed by atoms with E-state index in [1.807, 2.05) is 0 Å². The van der Waals surface area contributed by atoms with Crippen LogP contribution in [0.2, 0.25) is 0 Å². The van der Waals surface area contributed by atoms with E-state index in [4.69, 9.17) is 10.8 Å².